The van der Waals surface area contributed by atoms with Crippen LogP contribution in [0.5, 0.6) is 0 Å². The second kappa shape index (κ2) is 8.35. The van der Waals surface area contributed by atoms with E-state index in [4.69, 9.17) is 9.97 Å². The molecule has 0 aliphatic carbocycles. The van der Waals surface area contributed by atoms with Crippen molar-refractivity contribution in [1.82, 2.24) is 15.3 Å². The van der Waals surface area contributed by atoms with E-state index in [1.54, 1.807) is 0 Å². The molecule has 0 aromatic carbocycles. The Morgan fingerprint density at radius 1 is 0.950 bits per heavy atom. The minimum absolute atomic E-state index is 0.452. The molecule has 0 spiro atoms. The van der Waals surface area contributed by atoms with E-state index in [0.717, 1.165) is 38.1 Å². The van der Waals surface area contributed by atoms with E-state index in [9.17, 15) is 0 Å². The Kier molecular flexibility index (Phi) is 7.14. The summed E-state index contributed by atoms with van der Waals surface area (Å²) in [5.74, 6) is 1.48. The SMILES string of the molecule is CCc1nc(C(C)CC)nc(CC)c1CCNC(C)C. The average Bonchev–Trinajstić information content (AvgIpc) is 2.45. The minimum Gasteiger partial charge on any atom is -0.314 e. The molecule has 1 unspecified atom stereocenters. The van der Waals surface area contributed by atoms with Crippen LogP contribution in [0.1, 0.15) is 76.7 Å². The number of aromatic nitrogens is 2. The van der Waals surface area contributed by atoms with Gasteiger partial charge in [-0.2, -0.15) is 0 Å². The Labute approximate surface area is 124 Å². The number of nitrogens with one attached hydrogen (secondary N) is 1. The first-order valence-corrected chi connectivity index (χ1v) is 8.15. The zero-order chi connectivity index (χ0) is 15.1. The van der Waals surface area contributed by atoms with Gasteiger partial charge in [0.05, 0.1) is 0 Å². The van der Waals surface area contributed by atoms with Gasteiger partial charge in [0.15, 0.2) is 0 Å². The summed E-state index contributed by atoms with van der Waals surface area (Å²) in [6, 6.07) is 0.533. The van der Waals surface area contributed by atoms with Gasteiger partial charge in [0.1, 0.15) is 5.82 Å². The van der Waals surface area contributed by atoms with Crippen LogP contribution >= 0.6 is 0 Å². The highest BCUT2D eigenvalue weighted by molar-refractivity contribution is 5.27. The highest BCUT2D eigenvalue weighted by Crippen LogP contribution is 2.20. The van der Waals surface area contributed by atoms with Gasteiger partial charge >= 0.3 is 0 Å². The van der Waals surface area contributed by atoms with Crippen LogP contribution in [0.15, 0.2) is 0 Å². The van der Waals surface area contributed by atoms with Crippen molar-refractivity contribution in [2.75, 3.05) is 6.54 Å². The van der Waals surface area contributed by atoms with Crippen molar-refractivity contribution in [3.05, 3.63) is 22.8 Å². The average molecular weight is 277 g/mol. The van der Waals surface area contributed by atoms with Crippen molar-refractivity contribution in [1.29, 1.82) is 0 Å². The summed E-state index contributed by atoms with van der Waals surface area (Å²) < 4.78 is 0. The molecule has 0 saturated heterocycles. The van der Waals surface area contributed by atoms with Gasteiger partial charge in [0, 0.05) is 23.3 Å². The molecule has 0 saturated carbocycles. The largest absolute Gasteiger partial charge is 0.314 e. The van der Waals surface area contributed by atoms with Gasteiger partial charge in [-0.25, -0.2) is 9.97 Å². The van der Waals surface area contributed by atoms with E-state index in [1.165, 1.54) is 17.0 Å². The lowest BCUT2D eigenvalue weighted by Gasteiger charge is -2.17. The maximum Gasteiger partial charge on any atom is 0.131 e. The van der Waals surface area contributed by atoms with E-state index in [-0.39, 0.29) is 0 Å². The van der Waals surface area contributed by atoms with Crippen LogP contribution in [0.4, 0.5) is 0 Å². The van der Waals surface area contributed by atoms with E-state index in [1.807, 2.05) is 0 Å². The van der Waals surface area contributed by atoms with Crippen molar-refractivity contribution in [2.45, 2.75) is 79.2 Å². The lowest BCUT2D eigenvalue weighted by molar-refractivity contribution is 0.583. The van der Waals surface area contributed by atoms with Gasteiger partial charge in [-0.3, -0.25) is 0 Å². The van der Waals surface area contributed by atoms with Crippen LogP contribution in [0, 0.1) is 0 Å². The van der Waals surface area contributed by atoms with Crippen LogP contribution in [0.3, 0.4) is 0 Å². The molecule has 0 fully saturated rings. The monoisotopic (exact) mass is 277 g/mol. The zero-order valence-electron chi connectivity index (χ0n) is 14.1. The van der Waals surface area contributed by atoms with E-state index in [2.05, 4.69) is 46.9 Å². The zero-order valence-corrected chi connectivity index (χ0v) is 14.1. The molecular weight excluding hydrogens is 246 g/mol. The molecule has 1 N–H and O–H groups in total. The summed E-state index contributed by atoms with van der Waals surface area (Å²) >= 11 is 0. The number of hydrogen-bond acceptors (Lipinski definition) is 3. The van der Waals surface area contributed by atoms with E-state index in [0.29, 0.717) is 12.0 Å². The first-order chi connectivity index (χ1) is 9.53. The van der Waals surface area contributed by atoms with Gasteiger partial charge in [0.2, 0.25) is 0 Å². The highest BCUT2D eigenvalue weighted by atomic mass is 14.9. The molecule has 1 atom stereocenters. The molecule has 0 aliphatic heterocycles. The highest BCUT2D eigenvalue weighted by Gasteiger charge is 2.15. The fourth-order valence-corrected chi connectivity index (χ4v) is 2.37. The molecule has 0 aliphatic rings. The molecule has 0 radical (unpaired) electrons. The Bertz CT molecular complexity index is 388. The van der Waals surface area contributed by atoms with Crippen molar-refractivity contribution in [3.63, 3.8) is 0 Å². The topological polar surface area (TPSA) is 37.8 Å². The summed E-state index contributed by atoms with van der Waals surface area (Å²) in [6.07, 6.45) is 4.12. The molecule has 1 aromatic rings. The second-order valence-electron chi connectivity index (χ2n) is 5.83. The summed E-state index contributed by atoms with van der Waals surface area (Å²) in [5.41, 5.74) is 3.87. The summed E-state index contributed by atoms with van der Waals surface area (Å²) in [7, 11) is 0. The quantitative estimate of drug-likeness (QED) is 0.788. The normalized spacial score (nSPS) is 12.9. The Morgan fingerprint density at radius 2 is 1.50 bits per heavy atom. The molecule has 0 bridgehead atoms. The molecule has 3 nitrogen and oxygen atoms in total. The smallest absolute Gasteiger partial charge is 0.131 e. The second-order valence-corrected chi connectivity index (χ2v) is 5.83. The standard InChI is InChI=1S/C17H31N3/c1-7-13(6)17-19-15(8-2)14(16(9-3)20-17)10-11-18-12(4)5/h12-13,18H,7-11H2,1-6H3. The van der Waals surface area contributed by atoms with E-state index < -0.39 is 0 Å². The van der Waals surface area contributed by atoms with Crippen molar-refractivity contribution < 1.29 is 0 Å². The molecule has 1 heterocycles. The third-order valence-corrected chi connectivity index (χ3v) is 3.85. The maximum absolute atomic E-state index is 4.83. The molecule has 1 aromatic heterocycles. The third kappa shape index (κ3) is 4.55. The number of rotatable bonds is 8. The Morgan fingerprint density at radius 3 is 1.90 bits per heavy atom. The van der Waals surface area contributed by atoms with Crippen LogP contribution in [-0.2, 0) is 19.3 Å². The number of hydrogen-bond donors (Lipinski definition) is 1. The molecule has 0 amide bonds. The van der Waals surface area contributed by atoms with Gasteiger partial charge in [0.25, 0.3) is 0 Å². The molecule has 3 heteroatoms. The van der Waals surface area contributed by atoms with Crippen LogP contribution in [0.2, 0.25) is 0 Å². The van der Waals surface area contributed by atoms with Crippen LogP contribution in [-0.4, -0.2) is 22.6 Å². The minimum atomic E-state index is 0.452. The first-order valence-electron chi connectivity index (χ1n) is 8.15. The first kappa shape index (κ1) is 17.1. The molecular formula is C17H31N3. The Balaban J connectivity index is 3.02. The number of nitrogens with zero attached hydrogens (tertiary/aromatic N) is 2. The fourth-order valence-electron chi connectivity index (χ4n) is 2.37. The van der Waals surface area contributed by atoms with Crippen molar-refractivity contribution in [3.8, 4) is 0 Å². The lowest BCUT2D eigenvalue weighted by Crippen LogP contribution is -2.26. The van der Waals surface area contributed by atoms with E-state index >= 15 is 0 Å². The summed E-state index contributed by atoms with van der Waals surface area (Å²) in [4.78, 5) is 9.66. The molecule has 1 rings (SSSR count). The van der Waals surface area contributed by atoms with Crippen molar-refractivity contribution >= 4 is 0 Å². The predicted molar refractivity (Wildman–Crippen MR) is 86.3 cm³/mol. The predicted octanol–water partition coefficient (Wildman–Crippen LogP) is 3.66. The fraction of sp³-hybridized carbons (Fsp3) is 0.765. The maximum atomic E-state index is 4.83. The Hall–Kier alpha value is -0.960. The molecule has 114 valence electrons. The van der Waals surface area contributed by atoms with Crippen LogP contribution < -0.4 is 5.32 Å². The molecule has 20 heavy (non-hydrogen) atoms. The van der Waals surface area contributed by atoms with Crippen molar-refractivity contribution in [2.24, 2.45) is 0 Å². The number of aryl methyl sites for hydroxylation is 2. The van der Waals surface area contributed by atoms with Gasteiger partial charge < -0.3 is 5.32 Å². The van der Waals surface area contributed by atoms with Gasteiger partial charge in [-0.05, 0) is 37.8 Å². The van der Waals surface area contributed by atoms with Gasteiger partial charge in [-0.1, -0.05) is 41.5 Å². The third-order valence-electron chi connectivity index (χ3n) is 3.85. The van der Waals surface area contributed by atoms with Gasteiger partial charge in [-0.15, -0.1) is 0 Å². The summed E-state index contributed by atoms with van der Waals surface area (Å²) in [5, 5.41) is 3.49. The summed E-state index contributed by atoms with van der Waals surface area (Å²) in [6.45, 7) is 14.2. The van der Waals surface area contributed by atoms with Crippen LogP contribution in [0.25, 0.3) is 0 Å². The lowest BCUT2D eigenvalue weighted by atomic mass is 10.0.